The van der Waals surface area contributed by atoms with Crippen LogP contribution in [-0.4, -0.2) is 62.7 Å². The fourth-order valence-electron chi connectivity index (χ4n) is 3.43. The Morgan fingerprint density at radius 3 is 2.20 bits per heavy atom. The molecule has 192 valence electrons. The summed E-state index contributed by atoms with van der Waals surface area (Å²) in [4.78, 5) is 28.0. The predicted octanol–water partition coefficient (Wildman–Crippen LogP) is 3.94. The van der Waals surface area contributed by atoms with E-state index in [4.69, 9.17) is 23.2 Å². The third-order valence-corrected chi connectivity index (χ3v) is 7.89. The normalized spacial score (nSPS) is 12.3. The van der Waals surface area contributed by atoms with E-state index >= 15 is 0 Å². The number of carbonyl (C=O) groups excluding carboxylic acids is 2. The van der Waals surface area contributed by atoms with Crippen LogP contribution in [-0.2, 0) is 26.3 Å². The molecule has 11 heteroatoms. The van der Waals surface area contributed by atoms with Crippen molar-refractivity contribution in [3.05, 3.63) is 64.1 Å². The van der Waals surface area contributed by atoms with E-state index in [1.807, 2.05) is 6.92 Å². The fraction of sp³-hybridized carbons (Fsp3) is 0.417. The van der Waals surface area contributed by atoms with E-state index in [9.17, 15) is 18.0 Å². The van der Waals surface area contributed by atoms with Crippen LogP contribution in [0, 0.1) is 0 Å². The molecule has 0 spiro atoms. The SMILES string of the molecule is CCCNC(=O)[C@H](CC)N(Cc1ccc(Cl)c(Cl)c1)C(=O)CN(c1ccccc1)S(=O)(=O)N(C)C. The molecule has 2 aromatic carbocycles. The molecule has 0 aliphatic heterocycles. The summed E-state index contributed by atoms with van der Waals surface area (Å²) in [6.45, 7) is 3.78. The highest BCUT2D eigenvalue weighted by molar-refractivity contribution is 7.90. The van der Waals surface area contributed by atoms with Crippen molar-refractivity contribution in [1.29, 1.82) is 0 Å². The molecule has 0 radical (unpaired) electrons. The van der Waals surface area contributed by atoms with Gasteiger partial charge in [0.1, 0.15) is 12.6 Å². The van der Waals surface area contributed by atoms with Crippen LogP contribution < -0.4 is 9.62 Å². The lowest BCUT2D eigenvalue weighted by Gasteiger charge is -2.34. The number of benzene rings is 2. The Bertz CT molecular complexity index is 1110. The first-order chi connectivity index (χ1) is 16.5. The highest BCUT2D eigenvalue weighted by Gasteiger charge is 2.33. The molecule has 35 heavy (non-hydrogen) atoms. The molecule has 2 rings (SSSR count). The second kappa shape index (κ2) is 13.1. The minimum atomic E-state index is -3.99. The molecule has 0 fully saturated rings. The van der Waals surface area contributed by atoms with Gasteiger partial charge < -0.3 is 10.2 Å². The van der Waals surface area contributed by atoms with Gasteiger partial charge >= 0.3 is 10.2 Å². The average molecular weight is 544 g/mol. The highest BCUT2D eigenvalue weighted by atomic mass is 35.5. The van der Waals surface area contributed by atoms with Crippen molar-refractivity contribution in [1.82, 2.24) is 14.5 Å². The summed E-state index contributed by atoms with van der Waals surface area (Å²) in [5.41, 5.74) is 1.00. The van der Waals surface area contributed by atoms with E-state index < -0.39 is 28.7 Å². The third kappa shape index (κ3) is 7.57. The van der Waals surface area contributed by atoms with Gasteiger partial charge in [-0.3, -0.25) is 9.59 Å². The number of halogens is 2. The molecule has 1 atom stereocenters. The maximum Gasteiger partial charge on any atom is 0.304 e. The van der Waals surface area contributed by atoms with Crippen molar-refractivity contribution in [3.8, 4) is 0 Å². The van der Waals surface area contributed by atoms with Gasteiger partial charge in [-0.2, -0.15) is 12.7 Å². The smallest absolute Gasteiger partial charge is 0.304 e. The molecule has 0 unspecified atom stereocenters. The summed E-state index contributed by atoms with van der Waals surface area (Å²) in [6, 6.07) is 12.5. The lowest BCUT2D eigenvalue weighted by Crippen LogP contribution is -2.53. The Morgan fingerprint density at radius 1 is 1.00 bits per heavy atom. The first-order valence-electron chi connectivity index (χ1n) is 11.3. The molecule has 0 aliphatic carbocycles. The van der Waals surface area contributed by atoms with Crippen LogP contribution in [0.5, 0.6) is 0 Å². The topological polar surface area (TPSA) is 90.0 Å². The van der Waals surface area contributed by atoms with Crippen molar-refractivity contribution in [2.45, 2.75) is 39.3 Å². The lowest BCUT2D eigenvalue weighted by atomic mass is 10.1. The number of carbonyl (C=O) groups is 2. The molecule has 0 saturated carbocycles. The van der Waals surface area contributed by atoms with Crippen LogP contribution in [0.3, 0.4) is 0 Å². The van der Waals surface area contributed by atoms with Crippen LogP contribution in [0.2, 0.25) is 10.0 Å². The zero-order valence-corrected chi connectivity index (χ0v) is 22.7. The first kappa shape index (κ1) is 28.9. The molecule has 1 N–H and O–H groups in total. The largest absolute Gasteiger partial charge is 0.354 e. The molecular weight excluding hydrogens is 511 g/mol. The lowest BCUT2D eigenvalue weighted by molar-refractivity contribution is -0.140. The number of amides is 2. The van der Waals surface area contributed by atoms with Crippen molar-refractivity contribution in [3.63, 3.8) is 0 Å². The second-order valence-corrected chi connectivity index (χ2v) is 11.0. The zero-order valence-electron chi connectivity index (χ0n) is 20.4. The number of nitrogens with zero attached hydrogens (tertiary/aromatic N) is 3. The second-order valence-electron chi connectivity index (χ2n) is 8.12. The number of rotatable bonds is 12. The predicted molar refractivity (Wildman–Crippen MR) is 141 cm³/mol. The summed E-state index contributed by atoms with van der Waals surface area (Å²) in [6.07, 6.45) is 1.08. The fourth-order valence-corrected chi connectivity index (χ4v) is 4.81. The average Bonchev–Trinajstić information content (AvgIpc) is 2.83. The molecule has 8 nitrogen and oxygen atoms in total. The Morgan fingerprint density at radius 2 is 1.66 bits per heavy atom. The van der Waals surface area contributed by atoms with E-state index in [1.54, 1.807) is 55.5 Å². The van der Waals surface area contributed by atoms with Gasteiger partial charge in [-0.25, -0.2) is 4.31 Å². The van der Waals surface area contributed by atoms with E-state index in [-0.39, 0.29) is 12.5 Å². The van der Waals surface area contributed by atoms with Gasteiger partial charge in [0.15, 0.2) is 0 Å². The number of nitrogens with one attached hydrogen (secondary N) is 1. The summed E-state index contributed by atoms with van der Waals surface area (Å²) in [5, 5.41) is 3.53. The molecular formula is C24H32Cl2N4O4S. The van der Waals surface area contributed by atoms with E-state index in [0.717, 1.165) is 15.0 Å². The van der Waals surface area contributed by atoms with Crippen molar-refractivity contribution in [2.24, 2.45) is 0 Å². The van der Waals surface area contributed by atoms with E-state index in [0.29, 0.717) is 34.3 Å². The van der Waals surface area contributed by atoms with Crippen LogP contribution >= 0.6 is 23.2 Å². The summed E-state index contributed by atoms with van der Waals surface area (Å²) >= 11 is 12.2. The van der Waals surface area contributed by atoms with E-state index in [2.05, 4.69) is 5.32 Å². The van der Waals surface area contributed by atoms with Gasteiger partial charge in [-0.1, -0.05) is 61.3 Å². The highest BCUT2D eigenvalue weighted by Crippen LogP contribution is 2.25. The minimum absolute atomic E-state index is 0.0540. The van der Waals surface area contributed by atoms with Gasteiger partial charge in [-0.15, -0.1) is 0 Å². The molecule has 0 aliphatic rings. The monoisotopic (exact) mass is 542 g/mol. The van der Waals surface area contributed by atoms with Gasteiger partial charge in [0.2, 0.25) is 11.8 Å². The molecule has 0 saturated heterocycles. The van der Waals surface area contributed by atoms with Crippen LogP contribution in [0.25, 0.3) is 0 Å². The minimum Gasteiger partial charge on any atom is -0.354 e. The molecule has 2 aromatic rings. The third-order valence-electron chi connectivity index (χ3n) is 5.34. The Balaban J connectivity index is 2.48. The number of para-hydroxylation sites is 1. The first-order valence-corrected chi connectivity index (χ1v) is 13.4. The van der Waals surface area contributed by atoms with Crippen molar-refractivity contribution < 1.29 is 18.0 Å². The van der Waals surface area contributed by atoms with E-state index in [1.165, 1.54) is 19.0 Å². The molecule has 0 bridgehead atoms. The van der Waals surface area contributed by atoms with Gasteiger partial charge in [0.25, 0.3) is 0 Å². The summed E-state index contributed by atoms with van der Waals surface area (Å²) < 4.78 is 28.3. The maximum atomic E-state index is 13.7. The van der Waals surface area contributed by atoms with Gasteiger partial charge in [0, 0.05) is 27.2 Å². The van der Waals surface area contributed by atoms with Crippen LogP contribution in [0.15, 0.2) is 48.5 Å². The number of hydrogen-bond donors (Lipinski definition) is 1. The maximum absolute atomic E-state index is 13.7. The Labute approximate surface area is 218 Å². The standard InChI is InChI=1S/C24H32Cl2N4O4S/c1-5-14-27-24(32)22(6-2)29(16-18-12-13-20(25)21(26)15-18)23(31)17-30(35(33,34)28(3)4)19-10-8-7-9-11-19/h7-13,15,22H,5-6,14,16-17H2,1-4H3,(H,27,32)/t22-/m0/s1. The molecule has 0 aromatic heterocycles. The Hall–Kier alpha value is -2.33. The van der Waals surface area contributed by atoms with Crippen molar-refractivity contribution in [2.75, 3.05) is 31.5 Å². The summed E-state index contributed by atoms with van der Waals surface area (Å²) in [7, 11) is -1.19. The Kier molecular flexibility index (Phi) is 10.8. The van der Waals surface area contributed by atoms with Crippen molar-refractivity contribution >= 4 is 50.9 Å². The number of hydrogen-bond acceptors (Lipinski definition) is 4. The van der Waals surface area contributed by atoms with Gasteiger partial charge in [0.05, 0.1) is 15.7 Å². The quantitative estimate of drug-likeness (QED) is 0.439. The zero-order chi connectivity index (χ0) is 26.2. The molecule has 0 heterocycles. The van der Waals surface area contributed by atoms with Gasteiger partial charge in [-0.05, 0) is 42.7 Å². The van der Waals surface area contributed by atoms with Crippen LogP contribution in [0.1, 0.15) is 32.3 Å². The summed E-state index contributed by atoms with van der Waals surface area (Å²) in [5.74, 6) is -0.826. The van der Waals surface area contributed by atoms with Crippen LogP contribution in [0.4, 0.5) is 5.69 Å². The molecule has 2 amide bonds. The number of anilines is 1.